The molecule has 0 aliphatic carbocycles. The Labute approximate surface area is 99.9 Å². The first kappa shape index (κ1) is 15.9. The Kier molecular flexibility index (Phi) is 7.19. The molecule has 0 bridgehead atoms. The van der Waals surface area contributed by atoms with Crippen molar-refractivity contribution < 1.29 is 8.42 Å². The highest BCUT2D eigenvalue weighted by Crippen LogP contribution is 2.17. The molecular weight excluding hydrogens is 224 g/mol. The molecular formula is C11H26N2O2S. The summed E-state index contributed by atoms with van der Waals surface area (Å²) in [5.74, 6) is 6.99. The van der Waals surface area contributed by atoms with Gasteiger partial charge in [-0.2, -0.15) is 0 Å². The predicted octanol–water partition coefficient (Wildman–Crippen LogP) is 1.33. The number of hydrogen-bond donors (Lipinski definition) is 2. The predicted molar refractivity (Wildman–Crippen MR) is 68.7 cm³/mol. The van der Waals surface area contributed by atoms with Crippen LogP contribution in [0.25, 0.3) is 0 Å². The van der Waals surface area contributed by atoms with Gasteiger partial charge in [-0.1, -0.05) is 27.7 Å². The third kappa shape index (κ3) is 5.82. The summed E-state index contributed by atoms with van der Waals surface area (Å²) in [5.41, 5.74) is 2.79. The molecule has 0 spiro atoms. The van der Waals surface area contributed by atoms with E-state index in [2.05, 4.69) is 26.2 Å². The zero-order valence-corrected chi connectivity index (χ0v) is 11.7. The van der Waals surface area contributed by atoms with Crippen LogP contribution >= 0.6 is 0 Å². The van der Waals surface area contributed by atoms with Gasteiger partial charge in [0.25, 0.3) is 0 Å². The Hall–Kier alpha value is -0.130. The van der Waals surface area contributed by atoms with E-state index in [4.69, 9.17) is 5.84 Å². The SMILES string of the molecule is CCS(=O)(=O)CCCC(NN)C(C)C(C)C. The Balaban J connectivity index is 4.07. The fourth-order valence-electron chi connectivity index (χ4n) is 1.63. The molecule has 4 nitrogen and oxygen atoms in total. The average molecular weight is 250 g/mol. The van der Waals surface area contributed by atoms with Gasteiger partial charge in [-0.15, -0.1) is 0 Å². The molecule has 0 heterocycles. The Morgan fingerprint density at radius 3 is 2.19 bits per heavy atom. The molecule has 0 aromatic carbocycles. The number of hydrazine groups is 1. The number of rotatable bonds is 8. The molecule has 0 fully saturated rings. The highest BCUT2D eigenvalue weighted by Gasteiger charge is 2.19. The van der Waals surface area contributed by atoms with Crippen molar-refractivity contribution in [1.29, 1.82) is 0 Å². The van der Waals surface area contributed by atoms with Crippen molar-refractivity contribution in [2.24, 2.45) is 17.7 Å². The summed E-state index contributed by atoms with van der Waals surface area (Å²) in [6.45, 7) is 8.13. The molecule has 0 radical (unpaired) electrons. The van der Waals surface area contributed by atoms with Crippen molar-refractivity contribution in [2.75, 3.05) is 11.5 Å². The van der Waals surface area contributed by atoms with Crippen molar-refractivity contribution >= 4 is 9.84 Å². The average Bonchev–Trinajstić information content (AvgIpc) is 2.23. The first-order valence-corrected chi connectivity index (χ1v) is 7.82. The van der Waals surface area contributed by atoms with Gasteiger partial charge in [0.1, 0.15) is 9.84 Å². The number of sulfone groups is 1. The lowest BCUT2D eigenvalue weighted by Crippen LogP contribution is -2.41. The van der Waals surface area contributed by atoms with E-state index in [1.807, 2.05) is 0 Å². The van der Waals surface area contributed by atoms with Gasteiger partial charge in [-0.05, 0) is 24.7 Å². The van der Waals surface area contributed by atoms with Gasteiger partial charge < -0.3 is 0 Å². The van der Waals surface area contributed by atoms with Gasteiger partial charge >= 0.3 is 0 Å². The van der Waals surface area contributed by atoms with Crippen molar-refractivity contribution in [3.05, 3.63) is 0 Å². The summed E-state index contributed by atoms with van der Waals surface area (Å²) >= 11 is 0. The second-order valence-corrected chi connectivity index (χ2v) is 7.23. The van der Waals surface area contributed by atoms with Crippen molar-refractivity contribution in [3.63, 3.8) is 0 Å². The van der Waals surface area contributed by atoms with E-state index in [0.717, 1.165) is 6.42 Å². The Morgan fingerprint density at radius 2 is 1.81 bits per heavy atom. The fraction of sp³-hybridized carbons (Fsp3) is 1.00. The molecule has 2 unspecified atom stereocenters. The lowest BCUT2D eigenvalue weighted by atomic mass is 9.88. The summed E-state index contributed by atoms with van der Waals surface area (Å²) in [5, 5.41) is 0. The third-order valence-corrected chi connectivity index (χ3v) is 5.10. The summed E-state index contributed by atoms with van der Waals surface area (Å²) in [6.07, 6.45) is 1.50. The minimum absolute atomic E-state index is 0.201. The van der Waals surface area contributed by atoms with Crippen LogP contribution in [-0.2, 0) is 9.84 Å². The van der Waals surface area contributed by atoms with E-state index >= 15 is 0 Å². The lowest BCUT2D eigenvalue weighted by Gasteiger charge is -2.26. The standard InChI is InChI=1S/C11H26N2O2S/c1-5-16(14,15)8-6-7-11(13-12)10(4)9(2)3/h9-11,13H,5-8,12H2,1-4H3. The largest absolute Gasteiger partial charge is 0.271 e. The molecule has 0 saturated heterocycles. The van der Waals surface area contributed by atoms with Crippen molar-refractivity contribution in [2.45, 2.75) is 46.6 Å². The first-order chi connectivity index (χ1) is 7.34. The van der Waals surface area contributed by atoms with Crippen LogP contribution in [0.3, 0.4) is 0 Å². The highest BCUT2D eigenvalue weighted by molar-refractivity contribution is 7.91. The maximum absolute atomic E-state index is 11.3. The summed E-state index contributed by atoms with van der Waals surface area (Å²) in [6, 6.07) is 0.201. The van der Waals surface area contributed by atoms with E-state index < -0.39 is 9.84 Å². The minimum Gasteiger partial charge on any atom is -0.271 e. The first-order valence-electron chi connectivity index (χ1n) is 6.00. The summed E-state index contributed by atoms with van der Waals surface area (Å²) < 4.78 is 22.6. The van der Waals surface area contributed by atoms with Crippen molar-refractivity contribution in [1.82, 2.24) is 5.43 Å². The maximum Gasteiger partial charge on any atom is 0.150 e. The van der Waals surface area contributed by atoms with Crippen LogP contribution in [0.1, 0.15) is 40.5 Å². The van der Waals surface area contributed by atoms with Gasteiger partial charge in [0.15, 0.2) is 0 Å². The van der Waals surface area contributed by atoms with E-state index in [1.54, 1.807) is 6.92 Å². The normalized spacial score (nSPS) is 16.4. The lowest BCUT2D eigenvalue weighted by molar-refractivity contribution is 0.286. The van der Waals surface area contributed by atoms with E-state index in [0.29, 0.717) is 18.3 Å². The molecule has 5 heteroatoms. The molecule has 0 saturated carbocycles. The molecule has 3 N–H and O–H groups in total. The van der Waals surface area contributed by atoms with Crippen LogP contribution < -0.4 is 11.3 Å². The molecule has 0 amide bonds. The van der Waals surface area contributed by atoms with Gasteiger partial charge in [-0.25, -0.2) is 8.42 Å². The third-order valence-electron chi connectivity index (χ3n) is 3.31. The molecule has 0 rings (SSSR count). The topological polar surface area (TPSA) is 72.2 Å². The van der Waals surface area contributed by atoms with E-state index in [1.165, 1.54) is 0 Å². The van der Waals surface area contributed by atoms with Gasteiger partial charge in [0.05, 0.1) is 5.75 Å². The maximum atomic E-state index is 11.3. The van der Waals surface area contributed by atoms with Crippen molar-refractivity contribution in [3.8, 4) is 0 Å². The van der Waals surface area contributed by atoms with E-state index in [-0.39, 0.29) is 17.5 Å². The Bertz CT molecular complexity index is 276. The zero-order valence-electron chi connectivity index (χ0n) is 10.9. The zero-order chi connectivity index (χ0) is 12.8. The second kappa shape index (κ2) is 7.25. The van der Waals surface area contributed by atoms with Gasteiger partial charge in [-0.3, -0.25) is 11.3 Å². The fourth-order valence-corrected chi connectivity index (χ4v) is 2.53. The molecule has 0 aliphatic rings. The molecule has 2 atom stereocenters. The highest BCUT2D eigenvalue weighted by atomic mass is 32.2. The monoisotopic (exact) mass is 250 g/mol. The van der Waals surface area contributed by atoms with Crippen LogP contribution in [0.2, 0.25) is 0 Å². The smallest absolute Gasteiger partial charge is 0.150 e. The number of hydrogen-bond acceptors (Lipinski definition) is 4. The van der Waals surface area contributed by atoms with Crippen LogP contribution in [0.4, 0.5) is 0 Å². The molecule has 98 valence electrons. The summed E-state index contributed by atoms with van der Waals surface area (Å²) in [4.78, 5) is 0. The number of nitrogens with two attached hydrogens (primary N) is 1. The van der Waals surface area contributed by atoms with Gasteiger partial charge in [0.2, 0.25) is 0 Å². The minimum atomic E-state index is -2.84. The number of nitrogens with one attached hydrogen (secondary N) is 1. The van der Waals surface area contributed by atoms with Crippen LogP contribution in [0, 0.1) is 11.8 Å². The molecule has 16 heavy (non-hydrogen) atoms. The Morgan fingerprint density at radius 1 is 1.25 bits per heavy atom. The summed E-state index contributed by atoms with van der Waals surface area (Å²) in [7, 11) is -2.84. The molecule has 0 aromatic rings. The van der Waals surface area contributed by atoms with Crippen LogP contribution in [-0.4, -0.2) is 26.0 Å². The van der Waals surface area contributed by atoms with E-state index in [9.17, 15) is 8.42 Å². The molecule has 0 aromatic heterocycles. The molecule has 0 aliphatic heterocycles. The van der Waals surface area contributed by atoms with Crippen LogP contribution in [0.5, 0.6) is 0 Å². The van der Waals surface area contributed by atoms with Crippen LogP contribution in [0.15, 0.2) is 0 Å². The quantitative estimate of drug-likeness (QED) is 0.503. The second-order valence-electron chi connectivity index (χ2n) is 4.75. The van der Waals surface area contributed by atoms with Gasteiger partial charge in [0, 0.05) is 11.8 Å².